The lowest BCUT2D eigenvalue weighted by Crippen LogP contribution is -2.47. The van der Waals surface area contributed by atoms with Crippen molar-refractivity contribution in [2.24, 2.45) is 11.7 Å². The van der Waals surface area contributed by atoms with Gasteiger partial charge in [-0.15, -0.1) is 0 Å². The molecule has 3 N–H and O–H groups in total. The van der Waals surface area contributed by atoms with Gasteiger partial charge < -0.3 is 20.4 Å². The van der Waals surface area contributed by atoms with Crippen LogP contribution in [0, 0.1) is 5.92 Å². The number of primary amides is 1. The SMILES string of the molecule is NC(=O)N1CCCC(C(=O)NCCc2cn3ccccc3n2)C1. The molecule has 0 aliphatic carbocycles. The molecule has 0 spiro atoms. The van der Waals surface area contributed by atoms with Gasteiger partial charge in [-0.3, -0.25) is 4.79 Å². The number of amides is 3. The van der Waals surface area contributed by atoms with Crippen LogP contribution in [-0.2, 0) is 11.2 Å². The van der Waals surface area contributed by atoms with Crippen molar-refractivity contribution < 1.29 is 9.59 Å². The van der Waals surface area contributed by atoms with E-state index in [1.54, 1.807) is 0 Å². The third-order valence-electron chi connectivity index (χ3n) is 4.20. The van der Waals surface area contributed by atoms with Gasteiger partial charge in [-0.25, -0.2) is 9.78 Å². The van der Waals surface area contributed by atoms with E-state index in [0.29, 0.717) is 26.1 Å². The summed E-state index contributed by atoms with van der Waals surface area (Å²) in [5.74, 6) is -0.183. The smallest absolute Gasteiger partial charge is 0.314 e. The Kier molecular flexibility index (Phi) is 4.45. The minimum atomic E-state index is -0.452. The first-order valence-corrected chi connectivity index (χ1v) is 7.88. The summed E-state index contributed by atoms with van der Waals surface area (Å²) in [7, 11) is 0. The van der Waals surface area contributed by atoms with Gasteiger partial charge in [0.15, 0.2) is 0 Å². The number of carbonyl (C=O) groups excluding carboxylic acids is 2. The molecule has 0 radical (unpaired) electrons. The Morgan fingerprint density at radius 3 is 3.04 bits per heavy atom. The molecule has 1 aliphatic rings. The van der Waals surface area contributed by atoms with Crippen LogP contribution in [0.4, 0.5) is 4.79 Å². The number of urea groups is 1. The Hall–Kier alpha value is -2.57. The molecule has 2 aromatic rings. The van der Waals surface area contributed by atoms with Crippen molar-refractivity contribution in [2.75, 3.05) is 19.6 Å². The molecule has 0 bridgehead atoms. The Morgan fingerprint density at radius 1 is 1.39 bits per heavy atom. The third kappa shape index (κ3) is 3.61. The van der Waals surface area contributed by atoms with Crippen molar-refractivity contribution in [3.63, 3.8) is 0 Å². The number of piperidine rings is 1. The number of nitrogens with one attached hydrogen (secondary N) is 1. The molecule has 0 aromatic carbocycles. The van der Waals surface area contributed by atoms with Crippen LogP contribution >= 0.6 is 0 Å². The topological polar surface area (TPSA) is 92.7 Å². The number of likely N-dealkylation sites (tertiary alicyclic amines) is 1. The van der Waals surface area contributed by atoms with E-state index in [1.807, 2.05) is 35.0 Å². The maximum Gasteiger partial charge on any atom is 0.314 e. The van der Waals surface area contributed by atoms with E-state index in [0.717, 1.165) is 24.2 Å². The molecule has 7 heteroatoms. The molecule has 3 heterocycles. The van der Waals surface area contributed by atoms with Crippen LogP contribution in [0.2, 0.25) is 0 Å². The molecule has 2 aromatic heterocycles. The average Bonchev–Trinajstić information content (AvgIpc) is 2.97. The quantitative estimate of drug-likeness (QED) is 0.873. The molecule has 3 amide bonds. The number of fused-ring (bicyclic) bond motifs is 1. The summed E-state index contributed by atoms with van der Waals surface area (Å²) in [6, 6.07) is 5.39. The minimum absolute atomic E-state index is 0.0142. The number of imidazole rings is 1. The maximum atomic E-state index is 12.2. The van der Waals surface area contributed by atoms with Crippen LogP contribution < -0.4 is 11.1 Å². The van der Waals surface area contributed by atoms with E-state index in [9.17, 15) is 9.59 Å². The second kappa shape index (κ2) is 6.68. The highest BCUT2D eigenvalue weighted by molar-refractivity contribution is 5.80. The van der Waals surface area contributed by atoms with Crippen molar-refractivity contribution in [2.45, 2.75) is 19.3 Å². The highest BCUT2D eigenvalue weighted by Crippen LogP contribution is 2.16. The summed E-state index contributed by atoms with van der Waals surface area (Å²) in [4.78, 5) is 29.5. The molecule has 7 nitrogen and oxygen atoms in total. The van der Waals surface area contributed by atoms with E-state index in [1.165, 1.54) is 4.90 Å². The molecule has 1 aliphatic heterocycles. The fraction of sp³-hybridized carbons (Fsp3) is 0.438. The zero-order chi connectivity index (χ0) is 16.2. The normalized spacial score (nSPS) is 18.1. The number of hydrogen-bond donors (Lipinski definition) is 2. The summed E-state index contributed by atoms with van der Waals surface area (Å²) in [6.07, 6.45) is 6.21. The zero-order valence-corrected chi connectivity index (χ0v) is 12.9. The summed E-state index contributed by atoms with van der Waals surface area (Å²) >= 11 is 0. The summed E-state index contributed by atoms with van der Waals surface area (Å²) in [5, 5.41) is 2.94. The number of hydrogen-bond acceptors (Lipinski definition) is 3. The van der Waals surface area contributed by atoms with E-state index in [2.05, 4.69) is 10.3 Å². The third-order valence-corrected chi connectivity index (χ3v) is 4.20. The first-order chi connectivity index (χ1) is 11.1. The van der Waals surface area contributed by atoms with E-state index in [4.69, 9.17) is 5.73 Å². The highest BCUT2D eigenvalue weighted by Gasteiger charge is 2.27. The van der Waals surface area contributed by atoms with Crippen LogP contribution in [0.5, 0.6) is 0 Å². The van der Waals surface area contributed by atoms with Gasteiger partial charge in [0.25, 0.3) is 0 Å². The second-order valence-electron chi connectivity index (χ2n) is 5.86. The zero-order valence-electron chi connectivity index (χ0n) is 12.9. The number of aromatic nitrogens is 2. The molecule has 122 valence electrons. The predicted molar refractivity (Wildman–Crippen MR) is 85.8 cm³/mol. The number of carbonyl (C=O) groups is 2. The molecular weight excluding hydrogens is 294 g/mol. The lowest BCUT2D eigenvalue weighted by atomic mass is 9.97. The van der Waals surface area contributed by atoms with Crippen LogP contribution in [0.15, 0.2) is 30.6 Å². The van der Waals surface area contributed by atoms with Crippen LogP contribution in [0.3, 0.4) is 0 Å². The monoisotopic (exact) mass is 315 g/mol. The van der Waals surface area contributed by atoms with Crippen molar-refractivity contribution in [3.8, 4) is 0 Å². The number of nitrogens with zero attached hydrogens (tertiary/aromatic N) is 3. The molecule has 0 saturated carbocycles. The van der Waals surface area contributed by atoms with Gasteiger partial charge in [-0.1, -0.05) is 6.07 Å². The van der Waals surface area contributed by atoms with Crippen LogP contribution in [0.1, 0.15) is 18.5 Å². The fourth-order valence-electron chi connectivity index (χ4n) is 2.96. The van der Waals surface area contributed by atoms with Gasteiger partial charge in [0.2, 0.25) is 5.91 Å². The second-order valence-corrected chi connectivity index (χ2v) is 5.86. The molecule has 3 rings (SSSR count). The molecule has 1 unspecified atom stereocenters. The van der Waals surface area contributed by atoms with Crippen molar-refractivity contribution in [1.29, 1.82) is 0 Å². The van der Waals surface area contributed by atoms with Crippen LogP contribution in [-0.4, -0.2) is 45.9 Å². The molecular formula is C16H21N5O2. The Balaban J connectivity index is 1.50. The van der Waals surface area contributed by atoms with Crippen molar-refractivity contribution in [3.05, 3.63) is 36.3 Å². The Bertz CT molecular complexity index is 678. The molecule has 23 heavy (non-hydrogen) atoms. The van der Waals surface area contributed by atoms with Gasteiger partial charge in [0, 0.05) is 38.4 Å². The van der Waals surface area contributed by atoms with Crippen molar-refractivity contribution in [1.82, 2.24) is 19.6 Å². The molecule has 1 saturated heterocycles. The Labute approximate surface area is 134 Å². The number of rotatable bonds is 4. The van der Waals surface area contributed by atoms with Gasteiger partial charge in [-0.2, -0.15) is 0 Å². The summed E-state index contributed by atoms with van der Waals surface area (Å²) in [6.45, 7) is 1.59. The van der Waals surface area contributed by atoms with Gasteiger partial charge >= 0.3 is 6.03 Å². The summed E-state index contributed by atoms with van der Waals surface area (Å²) in [5.41, 5.74) is 7.13. The van der Waals surface area contributed by atoms with E-state index >= 15 is 0 Å². The Morgan fingerprint density at radius 2 is 2.26 bits per heavy atom. The fourth-order valence-corrected chi connectivity index (χ4v) is 2.96. The van der Waals surface area contributed by atoms with Gasteiger partial charge in [0.1, 0.15) is 5.65 Å². The molecule has 1 fully saturated rings. The molecule has 1 atom stereocenters. The average molecular weight is 315 g/mol. The van der Waals surface area contributed by atoms with Crippen LogP contribution in [0.25, 0.3) is 5.65 Å². The highest BCUT2D eigenvalue weighted by atomic mass is 16.2. The lowest BCUT2D eigenvalue weighted by Gasteiger charge is -2.30. The van der Waals surface area contributed by atoms with Crippen molar-refractivity contribution >= 4 is 17.6 Å². The minimum Gasteiger partial charge on any atom is -0.355 e. The predicted octanol–water partition coefficient (Wildman–Crippen LogP) is 0.784. The number of nitrogens with two attached hydrogens (primary N) is 1. The maximum absolute atomic E-state index is 12.2. The van der Waals surface area contributed by atoms with E-state index in [-0.39, 0.29) is 11.8 Å². The largest absolute Gasteiger partial charge is 0.355 e. The lowest BCUT2D eigenvalue weighted by molar-refractivity contribution is -0.126. The summed E-state index contributed by atoms with van der Waals surface area (Å²) < 4.78 is 1.96. The van der Waals surface area contributed by atoms with Gasteiger partial charge in [-0.05, 0) is 25.0 Å². The number of pyridine rings is 1. The standard InChI is InChI=1S/C16H21N5O2/c17-16(23)21-9-3-4-12(10-21)15(22)18-7-6-13-11-20-8-2-1-5-14(20)19-13/h1-2,5,8,11-12H,3-4,6-7,9-10H2,(H2,17,23)(H,18,22). The first-order valence-electron chi connectivity index (χ1n) is 7.88. The first kappa shape index (κ1) is 15.3. The van der Waals surface area contributed by atoms with Gasteiger partial charge in [0.05, 0.1) is 11.6 Å². The van der Waals surface area contributed by atoms with E-state index < -0.39 is 6.03 Å².